The summed E-state index contributed by atoms with van der Waals surface area (Å²) in [6.07, 6.45) is 70.0. The van der Waals surface area contributed by atoms with Crippen molar-refractivity contribution < 1.29 is 28.6 Å². The van der Waals surface area contributed by atoms with Gasteiger partial charge in [0.15, 0.2) is 6.10 Å². The zero-order valence-corrected chi connectivity index (χ0v) is 46.3. The van der Waals surface area contributed by atoms with Crippen molar-refractivity contribution >= 4 is 17.9 Å². The van der Waals surface area contributed by atoms with Crippen LogP contribution in [-0.4, -0.2) is 37.2 Å². The van der Waals surface area contributed by atoms with Crippen molar-refractivity contribution in [1.82, 2.24) is 0 Å². The van der Waals surface area contributed by atoms with Crippen LogP contribution in [0.15, 0.2) is 36.5 Å². The summed E-state index contributed by atoms with van der Waals surface area (Å²) in [5.74, 6) is -0.864. The molecule has 0 aromatic heterocycles. The lowest BCUT2D eigenvalue weighted by molar-refractivity contribution is -0.167. The van der Waals surface area contributed by atoms with Crippen LogP contribution in [0.2, 0.25) is 0 Å². The number of esters is 3. The minimum absolute atomic E-state index is 0.0720. The van der Waals surface area contributed by atoms with Crippen molar-refractivity contribution in [2.24, 2.45) is 0 Å². The molecule has 0 amide bonds. The molecular weight excluding hydrogens is 853 g/mol. The van der Waals surface area contributed by atoms with Crippen LogP contribution in [0.25, 0.3) is 0 Å². The lowest BCUT2D eigenvalue weighted by Crippen LogP contribution is -2.30. The molecule has 0 aromatic rings. The Kier molecular flexibility index (Phi) is 56.2. The fourth-order valence-electron chi connectivity index (χ4n) is 9.00. The van der Waals surface area contributed by atoms with E-state index in [2.05, 4.69) is 57.2 Å². The van der Waals surface area contributed by atoms with Gasteiger partial charge in [0.05, 0.1) is 0 Å². The Morgan fingerprint density at radius 3 is 0.812 bits per heavy atom. The highest BCUT2D eigenvalue weighted by molar-refractivity contribution is 5.71. The van der Waals surface area contributed by atoms with Crippen LogP contribution in [0.5, 0.6) is 0 Å². The summed E-state index contributed by atoms with van der Waals surface area (Å²) >= 11 is 0. The van der Waals surface area contributed by atoms with Gasteiger partial charge < -0.3 is 14.2 Å². The van der Waals surface area contributed by atoms with Gasteiger partial charge in [0.25, 0.3) is 0 Å². The van der Waals surface area contributed by atoms with Gasteiger partial charge in [0, 0.05) is 19.3 Å². The molecule has 0 bridgehead atoms. The van der Waals surface area contributed by atoms with Crippen molar-refractivity contribution in [3.63, 3.8) is 0 Å². The monoisotopic (exact) mass is 969 g/mol. The highest BCUT2D eigenvalue weighted by Crippen LogP contribution is 2.16. The summed E-state index contributed by atoms with van der Waals surface area (Å²) in [6, 6.07) is 0. The Labute approximate surface area is 429 Å². The van der Waals surface area contributed by atoms with Crippen LogP contribution in [0, 0.1) is 0 Å². The molecule has 0 aromatic carbocycles. The quantitative estimate of drug-likeness (QED) is 0.0261. The number of carbonyl (C=O) groups is 3. The number of unbranched alkanes of at least 4 members (excludes halogenated alkanes) is 39. The fraction of sp³-hybridized carbons (Fsp3) is 0.857. The first-order valence-electron chi connectivity index (χ1n) is 30.5. The number of allylic oxidation sites excluding steroid dienone is 6. The third-order valence-corrected chi connectivity index (χ3v) is 13.6. The van der Waals surface area contributed by atoms with Gasteiger partial charge in [-0.25, -0.2) is 0 Å². The summed E-state index contributed by atoms with van der Waals surface area (Å²) in [7, 11) is 0. The molecular formula is C63H116O6. The van der Waals surface area contributed by atoms with Crippen LogP contribution in [0.1, 0.15) is 329 Å². The number of hydrogen-bond acceptors (Lipinski definition) is 6. The molecule has 69 heavy (non-hydrogen) atoms. The first-order chi connectivity index (χ1) is 34.0. The number of rotatable bonds is 56. The molecule has 0 saturated carbocycles. The van der Waals surface area contributed by atoms with E-state index >= 15 is 0 Å². The lowest BCUT2D eigenvalue weighted by Gasteiger charge is -2.18. The van der Waals surface area contributed by atoms with Crippen LogP contribution < -0.4 is 0 Å². The second kappa shape index (κ2) is 58.2. The standard InChI is InChI=1S/C63H116O6/c1-4-7-10-13-16-19-22-25-27-29-30-31-32-33-34-35-37-38-41-44-47-50-53-56-62(65)68-59-60(58-67-61(64)55-52-49-46-43-40-24-21-18-15-12-9-6-3)69-63(66)57-54-51-48-45-42-39-36-28-26-23-20-17-14-11-8-5-2/h22,25,28-30,36,60H,4-21,23-24,26-27,31-35,37-59H2,1-3H3/b25-22-,30-29-,36-28-. The van der Waals surface area contributed by atoms with Crippen LogP contribution in [-0.2, 0) is 28.6 Å². The number of ether oxygens (including phenoxy) is 3. The average molecular weight is 970 g/mol. The molecule has 1 atom stereocenters. The highest BCUT2D eigenvalue weighted by atomic mass is 16.6. The van der Waals surface area contributed by atoms with Gasteiger partial charge >= 0.3 is 17.9 Å². The Morgan fingerprint density at radius 2 is 0.522 bits per heavy atom. The van der Waals surface area contributed by atoms with Gasteiger partial charge in [-0.05, 0) is 77.0 Å². The van der Waals surface area contributed by atoms with Gasteiger partial charge in [0.1, 0.15) is 13.2 Å². The molecule has 6 nitrogen and oxygen atoms in total. The van der Waals surface area contributed by atoms with E-state index in [1.807, 2.05) is 0 Å². The van der Waals surface area contributed by atoms with E-state index in [1.54, 1.807) is 0 Å². The van der Waals surface area contributed by atoms with Gasteiger partial charge in [0.2, 0.25) is 0 Å². The molecule has 6 heteroatoms. The summed E-state index contributed by atoms with van der Waals surface area (Å²) in [5.41, 5.74) is 0. The summed E-state index contributed by atoms with van der Waals surface area (Å²) in [5, 5.41) is 0. The number of carbonyl (C=O) groups excluding carboxylic acids is 3. The van der Waals surface area contributed by atoms with Gasteiger partial charge in [-0.3, -0.25) is 14.4 Å². The third kappa shape index (κ3) is 56.4. The van der Waals surface area contributed by atoms with Gasteiger partial charge in [-0.2, -0.15) is 0 Å². The van der Waals surface area contributed by atoms with E-state index in [0.717, 1.165) is 70.6 Å². The predicted octanol–water partition coefficient (Wildman–Crippen LogP) is 20.4. The molecule has 0 saturated heterocycles. The largest absolute Gasteiger partial charge is 0.462 e. The maximum Gasteiger partial charge on any atom is 0.306 e. The van der Waals surface area contributed by atoms with E-state index in [1.165, 1.54) is 218 Å². The second-order valence-corrected chi connectivity index (χ2v) is 20.6. The SMILES string of the molecule is CCCCCCC/C=C\C/C=C\CCCCCCCCCCCCCC(=O)OCC(COC(=O)CCCCCCCCCCCCCC)OC(=O)CCCCCCC/C=C\CCCCCCCCC. The molecule has 0 aliphatic rings. The summed E-state index contributed by atoms with van der Waals surface area (Å²) in [4.78, 5) is 38.2. The molecule has 0 heterocycles. The van der Waals surface area contributed by atoms with Crippen molar-refractivity contribution in [3.8, 4) is 0 Å². The topological polar surface area (TPSA) is 78.9 Å². The minimum Gasteiger partial charge on any atom is -0.462 e. The van der Waals surface area contributed by atoms with Gasteiger partial charge in [-0.15, -0.1) is 0 Å². The Morgan fingerprint density at radius 1 is 0.290 bits per heavy atom. The zero-order chi connectivity index (χ0) is 50.0. The second-order valence-electron chi connectivity index (χ2n) is 20.6. The van der Waals surface area contributed by atoms with Crippen molar-refractivity contribution in [1.29, 1.82) is 0 Å². The van der Waals surface area contributed by atoms with Crippen LogP contribution in [0.4, 0.5) is 0 Å². The fourth-order valence-corrected chi connectivity index (χ4v) is 9.00. The lowest BCUT2D eigenvalue weighted by atomic mass is 10.0. The van der Waals surface area contributed by atoms with E-state index < -0.39 is 6.10 Å². The molecule has 0 radical (unpaired) electrons. The molecule has 0 spiro atoms. The third-order valence-electron chi connectivity index (χ3n) is 13.6. The molecule has 0 aliphatic carbocycles. The predicted molar refractivity (Wildman–Crippen MR) is 298 cm³/mol. The first-order valence-corrected chi connectivity index (χ1v) is 30.5. The molecule has 404 valence electrons. The zero-order valence-electron chi connectivity index (χ0n) is 46.3. The Hall–Kier alpha value is -2.37. The van der Waals surface area contributed by atoms with Crippen LogP contribution in [0.3, 0.4) is 0 Å². The Bertz CT molecular complexity index is 1160. The van der Waals surface area contributed by atoms with Crippen molar-refractivity contribution in [3.05, 3.63) is 36.5 Å². The summed E-state index contributed by atoms with van der Waals surface area (Å²) in [6.45, 7) is 6.66. The minimum atomic E-state index is -0.774. The highest BCUT2D eigenvalue weighted by Gasteiger charge is 2.19. The van der Waals surface area contributed by atoms with E-state index in [9.17, 15) is 14.4 Å². The van der Waals surface area contributed by atoms with E-state index in [0.29, 0.717) is 19.3 Å². The van der Waals surface area contributed by atoms with Crippen molar-refractivity contribution in [2.45, 2.75) is 335 Å². The van der Waals surface area contributed by atoms with E-state index in [-0.39, 0.29) is 31.1 Å². The maximum atomic E-state index is 12.9. The first kappa shape index (κ1) is 66.6. The van der Waals surface area contributed by atoms with Gasteiger partial charge in [-0.1, -0.05) is 269 Å². The normalized spacial score (nSPS) is 12.2. The molecule has 0 aliphatic heterocycles. The molecule has 0 fully saturated rings. The van der Waals surface area contributed by atoms with Crippen LogP contribution >= 0.6 is 0 Å². The van der Waals surface area contributed by atoms with E-state index in [4.69, 9.17) is 14.2 Å². The average Bonchev–Trinajstić information content (AvgIpc) is 3.35. The molecule has 0 rings (SSSR count). The molecule has 1 unspecified atom stereocenters. The number of hydrogen-bond donors (Lipinski definition) is 0. The summed E-state index contributed by atoms with van der Waals surface area (Å²) < 4.78 is 16.9. The van der Waals surface area contributed by atoms with Crippen molar-refractivity contribution in [2.75, 3.05) is 13.2 Å². The maximum absolute atomic E-state index is 12.9. The smallest absolute Gasteiger partial charge is 0.306 e. The molecule has 0 N–H and O–H groups in total. The Balaban J connectivity index is 4.27.